The Morgan fingerprint density at radius 3 is 2.54 bits per heavy atom. The Morgan fingerprint density at radius 1 is 1.17 bits per heavy atom. The van der Waals surface area contributed by atoms with E-state index in [1.54, 1.807) is 6.08 Å². The fourth-order valence-electron chi connectivity index (χ4n) is 3.42. The van der Waals surface area contributed by atoms with Gasteiger partial charge < -0.3 is 4.74 Å². The van der Waals surface area contributed by atoms with Crippen LogP contribution in [-0.2, 0) is 19.1 Å². The molecule has 0 fully saturated rings. The van der Waals surface area contributed by atoms with Crippen molar-refractivity contribution >= 4 is 17.5 Å². The lowest BCUT2D eigenvalue weighted by Crippen LogP contribution is -2.28. The van der Waals surface area contributed by atoms with Gasteiger partial charge in [0.1, 0.15) is 11.9 Å². The first-order valence-corrected chi connectivity index (χ1v) is 8.91. The Balaban J connectivity index is 2.29. The maximum atomic E-state index is 12.5. The number of Topliss-reactive ketones (excluding diaryl/α,β-unsaturated/α-hetero) is 2. The van der Waals surface area contributed by atoms with Crippen LogP contribution < -0.4 is 0 Å². The van der Waals surface area contributed by atoms with E-state index < -0.39 is 12.1 Å². The molecule has 3 atom stereocenters. The minimum absolute atomic E-state index is 0.0562. The third-order valence-electron chi connectivity index (χ3n) is 5.08. The molecule has 132 valence electrons. The molecule has 0 aromatic rings. The van der Waals surface area contributed by atoms with Crippen LogP contribution in [0.2, 0.25) is 0 Å². The van der Waals surface area contributed by atoms with E-state index in [0.717, 1.165) is 18.4 Å². The van der Waals surface area contributed by atoms with Crippen molar-refractivity contribution in [2.45, 2.75) is 65.9 Å². The summed E-state index contributed by atoms with van der Waals surface area (Å²) in [7, 11) is 0. The second-order valence-corrected chi connectivity index (χ2v) is 7.59. The van der Waals surface area contributed by atoms with Gasteiger partial charge in [0.2, 0.25) is 0 Å². The van der Waals surface area contributed by atoms with E-state index in [1.807, 2.05) is 33.8 Å². The second kappa shape index (κ2) is 7.91. The molecule has 0 N–H and O–H groups in total. The molecule has 4 heteroatoms. The van der Waals surface area contributed by atoms with E-state index in [4.69, 9.17) is 4.74 Å². The number of fused-ring (bicyclic) bond motifs is 1. The summed E-state index contributed by atoms with van der Waals surface area (Å²) >= 11 is 0. The molecule has 4 nitrogen and oxygen atoms in total. The first kappa shape index (κ1) is 18.6. The number of esters is 1. The van der Waals surface area contributed by atoms with E-state index in [1.165, 1.54) is 0 Å². The van der Waals surface area contributed by atoms with Gasteiger partial charge in [0.05, 0.1) is 0 Å². The average Bonchev–Trinajstić information content (AvgIpc) is 2.83. The highest BCUT2D eigenvalue weighted by atomic mass is 16.5. The third-order valence-corrected chi connectivity index (χ3v) is 5.08. The average molecular weight is 332 g/mol. The molecule has 0 saturated heterocycles. The summed E-state index contributed by atoms with van der Waals surface area (Å²) in [6, 6.07) is 0. The fraction of sp³-hybridized carbons (Fsp3) is 0.650. The molecule has 0 radical (unpaired) electrons. The molecule has 24 heavy (non-hydrogen) atoms. The smallest absolute Gasteiger partial charge is 0.334 e. The molecular weight excluding hydrogens is 304 g/mol. The Labute approximate surface area is 144 Å². The van der Waals surface area contributed by atoms with Crippen LogP contribution in [0.25, 0.3) is 0 Å². The zero-order chi connectivity index (χ0) is 17.9. The molecule has 1 heterocycles. The van der Waals surface area contributed by atoms with Crippen LogP contribution in [-0.4, -0.2) is 23.6 Å². The number of carbonyl (C=O) groups excluding carboxylic acids is 3. The van der Waals surface area contributed by atoms with Crippen molar-refractivity contribution in [3.8, 4) is 0 Å². The highest BCUT2D eigenvalue weighted by Crippen LogP contribution is 2.31. The maximum absolute atomic E-state index is 12.5. The van der Waals surface area contributed by atoms with E-state index >= 15 is 0 Å². The van der Waals surface area contributed by atoms with Gasteiger partial charge >= 0.3 is 5.97 Å². The standard InChI is InChI=1S/C20H28O4/c1-12(2)17-11-18(22)14(4)7-5-6-13(3)8-16(21)9-15-10-19(17)24-20(15)23/h7,10,12-13,17,19H,5-6,8-9,11H2,1-4H3. The van der Waals surface area contributed by atoms with E-state index in [2.05, 4.69) is 0 Å². The number of carbonyl (C=O) groups is 3. The lowest BCUT2D eigenvalue weighted by atomic mass is 9.83. The molecule has 2 rings (SSSR count). The van der Waals surface area contributed by atoms with E-state index in [0.29, 0.717) is 18.4 Å². The molecule has 0 spiro atoms. The van der Waals surface area contributed by atoms with Gasteiger partial charge in [0.15, 0.2) is 5.78 Å². The number of hydrogen-bond acceptors (Lipinski definition) is 4. The van der Waals surface area contributed by atoms with E-state index in [9.17, 15) is 14.4 Å². The molecule has 0 aromatic heterocycles. The maximum Gasteiger partial charge on any atom is 0.334 e. The van der Waals surface area contributed by atoms with Gasteiger partial charge in [-0.15, -0.1) is 0 Å². The van der Waals surface area contributed by atoms with Gasteiger partial charge in [-0.05, 0) is 43.3 Å². The zero-order valence-corrected chi connectivity index (χ0v) is 15.1. The summed E-state index contributed by atoms with van der Waals surface area (Å²) in [6.45, 7) is 7.95. The van der Waals surface area contributed by atoms with Crippen LogP contribution in [0.4, 0.5) is 0 Å². The second-order valence-electron chi connectivity index (χ2n) is 7.59. The van der Waals surface area contributed by atoms with Crippen LogP contribution in [0.15, 0.2) is 23.3 Å². The van der Waals surface area contributed by atoms with Gasteiger partial charge in [-0.3, -0.25) is 9.59 Å². The summed E-state index contributed by atoms with van der Waals surface area (Å²) in [5, 5.41) is 0. The quantitative estimate of drug-likeness (QED) is 0.685. The van der Waals surface area contributed by atoms with Crippen LogP contribution in [0.3, 0.4) is 0 Å². The molecule has 2 bridgehead atoms. The van der Waals surface area contributed by atoms with Crippen molar-refractivity contribution in [3.05, 3.63) is 23.3 Å². The topological polar surface area (TPSA) is 60.4 Å². The predicted octanol–water partition coefficient (Wildman–Crippen LogP) is 3.80. The van der Waals surface area contributed by atoms with Crippen molar-refractivity contribution < 1.29 is 19.1 Å². The van der Waals surface area contributed by atoms with Crippen molar-refractivity contribution in [1.29, 1.82) is 0 Å². The van der Waals surface area contributed by atoms with Crippen molar-refractivity contribution in [2.75, 3.05) is 0 Å². The van der Waals surface area contributed by atoms with Crippen LogP contribution in [0, 0.1) is 17.8 Å². The number of allylic oxidation sites excluding steroid dienone is 2. The van der Waals surface area contributed by atoms with Gasteiger partial charge in [0, 0.05) is 30.8 Å². The number of ether oxygens (including phenoxy) is 1. The SMILES string of the molecule is CC1=CCCC(C)CC(=O)CC2=CC(OC2=O)C(C(C)C)CC1=O. The summed E-state index contributed by atoms with van der Waals surface area (Å²) < 4.78 is 5.48. The van der Waals surface area contributed by atoms with Crippen molar-refractivity contribution in [3.63, 3.8) is 0 Å². The minimum atomic E-state index is -0.405. The predicted molar refractivity (Wildman–Crippen MR) is 92.3 cm³/mol. The Morgan fingerprint density at radius 2 is 1.88 bits per heavy atom. The Hall–Kier alpha value is -1.71. The molecule has 0 amide bonds. The van der Waals surface area contributed by atoms with Gasteiger partial charge in [-0.1, -0.05) is 26.8 Å². The number of ketones is 2. The Kier molecular flexibility index (Phi) is 6.14. The van der Waals surface area contributed by atoms with Crippen molar-refractivity contribution in [2.24, 2.45) is 17.8 Å². The minimum Gasteiger partial charge on any atom is -0.454 e. The Bertz CT molecular complexity index is 582. The lowest BCUT2D eigenvalue weighted by molar-refractivity contribution is -0.143. The molecular formula is C20H28O4. The highest BCUT2D eigenvalue weighted by molar-refractivity contribution is 5.98. The van der Waals surface area contributed by atoms with Crippen LogP contribution >= 0.6 is 0 Å². The normalized spacial score (nSPS) is 29.9. The highest BCUT2D eigenvalue weighted by Gasteiger charge is 2.35. The monoisotopic (exact) mass is 332 g/mol. The molecule has 1 aliphatic carbocycles. The summed E-state index contributed by atoms with van der Waals surface area (Å²) in [5.74, 6) is 0.199. The van der Waals surface area contributed by atoms with Crippen molar-refractivity contribution in [1.82, 2.24) is 0 Å². The van der Waals surface area contributed by atoms with Gasteiger partial charge in [-0.25, -0.2) is 4.79 Å². The number of hydrogen-bond donors (Lipinski definition) is 0. The molecule has 1 aliphatic heterocycles. The molecule has 2 aliphatic rings. The van der Waals surface area contributed by atoms with Gasteiger partial charge in [0.25, 0.3) is 0 Å². The van der Waals surface area contributed by atoms with Gasteiger partial charge in [-0.2, -0.15) is 0 Å². The summed E-state index contributed by atoms with van der Waals surface area (Å²) in [5.41, 5.74) is 1.23. The zero-order valence-electron chi connectivity index (χ0n) is 15.1. The third kappa shape index (κ3) is 4.65. The number of rotatable bonds is 1. The van der Waals surface area contributed by atoms with Crippen LogP contribution in [0.5, 0.6) is 0 Å². The lowest BCUT2D eigenvalue weighted by Gasteiger charge is -2.24. The summed E-state index contributed by atoms with van der Waals surface area (Å²) in [4.78, 5) is 36.8. The first-order chi connectivity index (χ1) is 11.3. The molecule has 0 aromatic carbocycles. The largest absolute Gasteiger partial charge is 0.454 e. The summed E-state index contributed by atoms with van der Waals surface area (Å²) in [6.07, 6.45) is 6.00. The van der Waals surface area contributed by atoms with E-state index in [-0.39, 0.29) is 35.7 Å². The first-order valence-electron chi connectivity index (χ1n) is 8.91. The fourth-order valence-corrected chi connectivity index (χ4v) is 3.42. The van der Waals surface area contributed by atoms with Crippen LogP contribution in [0.1, 0.15) is 59.8 Å². The molecule has 3 unspecified atom stereocenters. The molecule has 0 saturated carbocycles.